The van der Waals surface area contributed by atoms with Crippen LogP contribution in [0.1, 0.15) is 46.3 Å². The summed E-state index contributed by atoms with van der Waals surface area (Å²) in [5.74, 6) is 0.0762. The third-order valence-electron chi connectivity index (χ3n) is 5.37. The average molecular weight is 433 g/mol. The van der Waals surface area contributed by atoms with Gasteiger partial charge in [-0.1, -0.05) is 6.92 Å². The molecule has 1 N–H and O–H groups in total. The van der Waals surface area contributed by atoms with Crippen molar-refractivity contribution in [1.82, 2.24) is 9.88 Å². The van der Waals surface area contributed by atoms with Gasteiger partial charge in [-0.15, -0.1) is 11.3 Å². The minimum atomic E-state index is -0.756. The summed E-state index contributed by atoms with van der Waals surface area (Å²) in [6.07, 6.45) is 2.32. The van der Waals surface area contributed by atoms with Crippen molar-refractivity contribution in [1.29, 1.82) is 0 Å². The Kier molecular flexibility index (Phi) is 6.42. The van der Waals surface area contributed by atoms with Crippen LogP contribution in [-0.2, 0) is 6.54 Å². The number of aryl methyl sites for hydroxylation is 1. The van der Waals surface area contributed by atoms with Crippen molar-refractivity contribution in [3.8, 4) is 0 Å². The Labute approximate surface area is 177 Å². The summed E-state index contributed by atoms with van der Waals surface area (Å²) < 4.78 is 0. The van der Waals surface area contributed by atoms with Gasteiger partial charge in [0, 0.05) is 23.1 Å². The third kappa shape index (κ3) is 4.79. The number of likely N-dealkylation sites (tertiary alicyclic amines) is 1. The molecule has 1 aliphatic heterocycles. The highest BCUT2D eigenvalue weighted by Crippen LogP contribution is 2.30. The summed E-state index contributed by atoms with van der Waals surface area (Å²) in [5, 5.41) is 25.3. The fourth-order valence-corrected chi connectivity index (χ4v) is 4.43. The Balaban J connectivity index is 1.79. The molecule has 2 aromatic rings. The molecule has 0 atom stereocenters. The van der Waals surface area contributed by atoms with E-state index in [1.54, 1.807) is 0 Å². The number of carbonyl (C=O) groups is 1. The Hall–Kier alpha value is -2.92. The topological polar surface area (TPSA) is 132 Å². The van der Waals surface area contributed by atoms with E-state index in [2.05, 4.69) is 22.1 Å². The molecule has 0 saturated carbocycles. The van der Waals surface area contributed by atoms with Crippen molar-refractivity contribution < 1.29 is 14.6 Å². The third-order valence-corrected chi connectivity index (χ3v) is 6.43. The number of benzene rings is 1. The molecule has 1 aromatic carbocycles. The number of anilines is 1. The van der Waals surface area contributed by atoms with Gasteiger partial charge in [-0.2, -0.15) is 0 Å². The van der Waals surface area contributed by atoms with Gasteiger partial charge in [0.1, 0.15) is 0 Å². The molecule has 1 aromatic heterocycles. The summed E-state index contributed by atoms with van der Waals surface area (Å²) in [4.78, 5) is 41.4. The largest absolute Gasteiger partial charge is 0.298 e. The van der Waals surface area contributed by atoms with Crippen LogP contribution in [0.25, 0.3) is 0 Å². The number of nitrogens with one attached hydrogen (secondary N) is 1. The van der Waals surface area contributed by atoms with Crippen molar-refractivity contribution in [2.24, 2.45) is 5.92 Å². The highest BCUT2D eigenvalue weighted by molar-refractivity contribution is 7.15. The highest BCUT2D eigenvalue weighted by Gasteiger charge is 2.25. The van der Waals surface area contributed by atoms with Gasteiger partial charge < -0.3 is 0 Å². The number of aromatic nitrogens is 1. The van der Waals surface area contributed by atoms with Gasteiger partial charge in [-0.25, -0.2) is 4.98 Å². The van der Waals surface area contributed by atoms with Crippen LogP contribution in [0.15, 0.2) is 12.1 Å². The predicted octanol–water partition coefficient (Wildman–Crippen LogP) is 4.06. The maximum Gasteiger partial charge on any atom is 0.279 e. The first-order chi connectivity index (χ1) is 14.2. The lowest BCUT2D eigenvalue weighted by atomic mass is 9.99. The van der Waals surface area contributed by atoms with Crippen LogP contribution in [0.5, 0.6) is 0 Å². The zero-order valence-electron chi connectivity index (χ0n) is 17.0. The van der Waals surface area contributed by atoms with Crippen LogP contribution >= 0.6 is 11.3 Å². The number of nitro groups is 2. The SMILES string of the molecule is Cc1nc(NC(=O)c2cc([N+](=O)[O-])cc([N+](=O)[O-])c2C)sc1CN1CCC(C)CC1. The van der Waals surface area contributed by atoms with Crippen molar-refractivity contribution in [2.45, 2.75) is 40.2 Å². The van der Waals surface area contributed by atoms with Crippen LogP contribution in [0.4, 0.5) is 16.5 Å². The Morgan fingerprint density at radius 1 is 1.23 bits per heavy atom. The van der Waals surface area contributed by atoms with Crippen LogP contribution in [0.3, 0.4) is 0 Å². The number of amides is 1. The fraction of sp³-hybridized carbons (Fsp3) is 0.474. The molecule has 1 amide bonds. The second kappa shape index (κ2) is 8.84. The zero-order valence-corrected chi connectivity index (χ0v) is 17.8. The molecule has 1 saturated heterocycles. The van der Waals surface area contributed by atoms with E-state index in [0.29, 0.717) is 5.13 Å². The maximum atomic E-state index is 12.7. The standard InChI is InChI=1S/C19H23N5O5S/c1-11-4-6-22(7-5-11)10-17-13(3)20-19(30-17)21-18(25)15-8-14(23(26)27)9-16(12(15)2)24(28)29/h8-9,11H,4-7,10H2,1-3H3,(H,20,21,25). The molecule has 0 aliphatic carbocycles. The van der Waals surface area contributed by atoms with Crippen LogP contribution < -0.4 is 5.32 Å². The first-order valence-corrected chi connectivity index (χ1v) is 10.4. The quantitative estimate of drug-likeness (QED) is 0.536. The lowest BCUT2D eigenvalue weighted by molar-refractivity contribution is -0.394. The van der Waals surface area contributed by atoms with Crippen molar-refractivity contribution in [3.05, 3.63) is 54.1 Å². The highest BCUT2D eigenvalue weighted by atomic mass is 32.1. The Morgan fingerprint density at radius 2 is 1.90 bits per heavy atom. The number of hydrogen-bond acceptors (Lipinski definition) is 8. The summed E-state index contributed by atoms with van der Waals surface area (Å²) in [6, 6.07) is 1.91. The van der Waals surface area contributed by atoms with E-state index < -0.39 is 27.1 Å². The van der Waals surface area contributed by atoms with Gasteiger partial charge in [-0.05, 0) is 45.7 Å². The summed E-state index contributed by atoms with van der Waals surface area (Å²) in [5.41, 5.74) is -0.206. The molecule has 0 radical (unpaired) electrons. The van der Waals surface area contributed by atoms with E-state index in [1.165, 1.54) is 18.3 Å². The number of rotatable bonds is 6. The van der Waals surface area contributed by atoms with Crippen molar-refractivity contribution >= 4 is 33.8 Å². The van der Waals surface area contributed by atoms with E-state index in [-0.39, 0.29) is 11.1 Å². The minimum absolute atomic E-state index is 0.0686. The lowest BCUT2D eigenvalue weighted by Crippen LogP contribution is -2.32. The molecule has 0 unspecified atom stereocenters. The maximum absolute atomic E-state index is 12.7. The van der Waals surface area contributed by atoms with Crippen molar-refractivity contribution in [2.75, 3.05) is 18.4 Å². The van der Waals surface area contributed by atoms with Crippen LogP contribution in [-0.4, -0.2) is 38.7 Å². The molecule has 2 heterocycles. The molecule has 1 aliphatic rings. The second-order valence-corrected chi connectivity index (χ2v) is 8.68. The Morgan fingerprint density at radius 3 is 2.50 bits per heavy atom. The van der Waals surface area contributed by atoms with E-state index >= 15 is 0 Å². The molecular weight excluding hydrogens is 410 g/mol. The van der Waals surface area contributed by atoms with Gasteiger partial charge in [-0.3, -0.25) is 35.2 Å². The van der Waals surface area contributed by atoms with Gasteiger partial charge in [0.25, 0.3) is 17.3 Å². The average Bonchev–Trinajstić information content (AvgIpc) is 3.01. The molecule has 0 bridgehead atoms. The van der Waals surface area contributed by atoms with Crippen molar-refractivity contribution in [3.63, 3.8) is 0 Å². The smallest absolute Gasteiger partial charge is 0.279 e. The van der Waals surface area contributed by atoms with Gasteiger partial charge >= 0.3 is 0 Å². The van der Waals surface area contributed by atoms with Gasteiger partial charge in [0.2, 0.25) is 0 Å². The first-order valence-electron chi connectivity index (χ1n) is 9.59. The van der Waals surface area contributed by atoms with E-state index in [1.807, 2.05) is 6.92 Å². The first kappa shape index (κ1) is 21.8. The molecular formula is C19H23N5O5S. The molecule has 0 spiro atoms. The Bertz CT molecular complexity index is 997. The van der Waals surface area contributed by atoms with Crippen LogP contribution in [0.2, 0.25) is 0 Å². The summed E-state index contributed by atoms with van der Waals surface area (Å²) in [7, 11) is 0. The van der Waals surface area contributed by atoms with Gasteiger partial charge in [0.05, 0.1) is 27.2 Å². The van der Waals surface area contributed by atoms with E-state index in [0.717, 1.165) is 61.1 Å². The number of thiazole rings is 1. The van der Waals surface area contributed by atoms with Gasteiger partial charge in [0.15, 0.2) is 5.13 Å². The number of nitro benzene ring substituents is 2. The van der Waals surface area contributed by atoms with E-state index in [9.17, 15) is 25.0 Å². The number of carbonyl (C=O) groups excluding carboxylic acids is 1. The molecule has 3 rings (SSSR count). The van der Waals surface area contributed by atoms with E-state index in [4.69, 9.17) is 0 Å². The molecule has 160 valence electrons. The molecule has 1 fully saturated rings. The fourth-order valence-electron chi connectivity index (χ4n) is 3.43. The number of piperidine rings is 1. The minimum Gasteiger partial charge on any atom is -0.298 e. The normalized spacial score (nSPS) is 15.2. The van der Waals surface area contributed by atoms with Crippen LogP contribution in [0, 0.1) is 40.0 Å². The molecule has 10 nitrogen and oxygen atoms in total. The molecule has 11 heteroatoms. The predicted molar refractivity (Wildman–Crippen MR) is 113 cm³/mol. The monoisotopic (exact) mass is 433 g/mol. The number of hydrogen-bond donors (Lipinski definition) is 1. The summed E-state index contributed by atoms with van der Waals surface area (Å²) >= 11 is 1.35. The number of nitrogens with zero attached hydrogens (tertiary/aromatic N) is 4. The summed E-state index contributed by atoms with van der Waals surface area (Å²) in [6.45, 7) is 8.33. The zero-order chi connectivity index (χ0) is 22.0. The lowest BCUT2D eigenvalue weighted by Gasteiger charge is -2.29. The second-order valence-electron chi connectivity index (χ2n) is 7.59. The number of non-ortho nitro benzene ring substituents is 1. The molecule has 30 heavy (non-hydrogen) atoms.